The number of ether oxygens (including phenoxy) is 4. The van der Waals surface area contributed by atoms with Crippen molar-refractivity contribution in [3.05, 3.63) is 46.0 Å². The van der Waals surface area contributed by atoms with Crippen molar-refractivity contribution < 1.29 is 108 Å². The molecule has 3 aliphatic heterocycles. The van der Waals surface area contributed by atoms with E-state index in [2.05, 4.69) is 48.5 Å². The van der Waals surface area contributed by atoms with Crippen LogP contribution in [-0.2, 0) is 71.0 Å². The standard InChI is InChI=1S/C34H47N15O24P4/c1-46-11-49(27-18(46)29(55)45-34(37)43-27)30-19(51)12(3-4-50)13(68-30)5-66-75(58,59)72-77(62,63)73-76(60,61)67-7-15-22(23(64-2)32(70-15)47-9-40-16-24(35)38-8-39-25(16)47)71-74(56,57)65-6-14-20(52)21(53)31(69-14)48-10-41-17-26(48)42-33(36)44-28(17)54/h8-15,19-23,30-32,50-53H,3-7H2,1-2H3,(H11-,35,36,37,38,39,42,43,44,45,54,55,56,57,58,59,60,61,62,63)/p+1/t12-,13-,14-,15?,19-,20-,21-,22-,23-,30-,31-,32-/m1/s1. The summed E-state index contributed by atoms with van der Waals surface area (Å²) >= 11 is 0. The zero-order valence-electron chi connectivity index (χ0n) is 39.4. The van der Waals surface area contributed by atoms with E-state index in [-0.39, 0.29) is 57.6 Å². The van der Waals surface area contributed by atoms with Crippen LogP contribution < -0.4 is 32.9 Å². The molecule has 16 atom stereocenters. The van der Waals surface area contributed by atoms with Gasteiger partial charge in [-0.15, -0.1) is 0 Å². The fraction of sp³-hybridized carbons (Fsp3) is 0.559. The Hall–Kier alpha value is -5.15. The van der Waals surface area contributed by atoms with Gasteiger partial charge in [0.15, 0.2) is 41.4 Å². The summed E-state index contributed by atoms with van der Waals surface area (Å²) in [6, 6.07) is 0. The summed E-state index contributed by atoms with van der Waals surface area (Å²) in [5.74, 6) is -1.75. The molecule has 6 aromatic rings. The van der Waals surface area contributed by atoms with Gasteiger partial charge in [0.05, 0.1) is 45.6 Å². The Morgan fingerprint density at radius 2 is 1.30 bits per heavy atom. The SMILES string of the molecule is CO[C@@H]1[C@H](OP(=O)(O)OC[C@H]2O[C@@H](n3cnc4c(=O)[nH]c(N)nc43)[C@H](O)[C@@H]2O)C(COP(=O)(O)OP(=O)(O)OP(=O)(O)OC[C@H]2O[C@@H]([n+]3cn(C)c4c(=O)[nH]c(N)nc43)[C@H](O)[C@@H]2CCO)O[C@H]1n1cnc2c(N)ncnc21. The summed E-state index contributed by atoms with van der Waals surface area (Å²) < 4.78 is 110. The fourth-order valence-corrected chi connectivity index (χ4v) is 13.4. The van der Waals surface area contributed by atoms with Crippen molar-refractivity contribution in [1.29, 1.82) is 0 Å². The average molecular weight is 1170 g/mol. The van der Waals surface area contributed by atoms with Crippen LogP contribution in [0.25, 0.3) is 33.5 Å². The van der Waals surface area contributed by atoms with E-state index in [9.17, 15) is 67.8 Å². The van der Waals surface area contributed by atoms with Gasteiger partial charge in [-0.25, -0.2) is 42.8 Å². The number of methoxy groups -OCH3 is 1. The van der Waals surface area contributed by atoms with Gasteiger partial charge < -0.3 is 76.1 Å². The molecule has 0 radical (unpaired) electrons. The molecule has 0 aromatic carbocycles. The molecular formula is C34H48N15O24P4+. The quantitative estimate of drug-likeness (QED) is 0.0241. The highest BCUT2D eigenvalue weighted by Crippen LogP contribution is 2.68. The number of aromatic nitrogens is 12. The number of hydrogen-bond acceptors (Lipinski definition) is 29. The number of nitrogen functional groups attached to an aromatic ring is 3. The molecule has 0 bridgehead atoms. The lowest BCUT2D eigenvalue weighted by atomic mass is 9.95. The number of H-pyrrole nitrogens is 2. The zero-order valence-corrected chi connectivity index (χ0v) is 43.0. The highest BCUT2D eigenvalue weighted by Gasteiger charge is 2.54. The molecule has 0 spiro atoms. The number of aliphatic hydroxyl groups is 4. The highest BCUT2D eigenvalue weighted by atomic mass is 31.3. The Kier molecular flexibility index (Phi) is 15.8. The molecule has 422 valence electrons. The number of anilines is 3. The lowest BCUT2D eigenvalue weighted by molar-refractivity contribution is -0.745. The first-order chi connectivity index (χ1) is 36.2. The van der Waals surface area contributed by atoms with Gasteiger partial charge in [0, 0.05) is 19.6 Å². The first kappa shape index (κ1) is 56.6. The number of hydrogen-bond donors (Lipinski definition) is 13. The predicted molar refractivity (Wildman–Crippen MR) is 248 cm³/mol. The molecule has 3 aliphatic rings. The Labute approximate surface area is 427 Å². The largest absolute Gasteiger partial charge is 0.490 e. The summed E-state index contributed by atoms with van der Waals surface area (Å²) in [6.45, 7) is -3.77. The summed E-state index contributed by atoms with van der Waals surface area (Å²) in [5.41, 5.74) is 15.6. The molecule has 0 amide bonds. The van der Waals surface area contributed by atoms with E-state index >= 15 is 0 Å². The van der Waals surface area contributed by atoms with Gasteiger partial charge in [0.1, 0.15) is 54.6 Å². The van der Waals surface area contributed by atoms with Crippen molar-refractivity contribution >= 4 is 82.5 Å². The normalized spacial score (nSPS) is 30.0. The van der Waals surface area contributed by atoms with Crippen molar-refractivity contribution in [2.75, 3.05) is 50.7 Å². The topological polar surface area (TPSA) is 562 Å². The van der Waals surface area contributed by atoms with Gasteiger partial charge in [-0.05, 0) is 6.42 Å². The number of fused-ring (bicyclic) bond motifs is 3. The highest BCUT2D eigenvalue weighted by molar-refractivity contribution is 7.66. The molecule has 16 N–H and O–H groups in total. The predicted octanol–water partition coefficient (Wildman–Crippen LogP) is -4.07. The summed E-state index contributed by atoms with van der Waals surface area (Å²) in [5, 5.41) is 42.7. The number of nitrogens with zero attached hydrogens (tertiary/aromatic N) is 10. The zero-order chi connectivity index (χ0) is 55.7. The Bertz CT molecular complexity index is 3510. The van der Waals surface area contributed by atoms with Crippen LogP contribution >= 0.6 is 31.3 Å². The second-order valence-electron chi connectivity index (χ2n) is 17.2. The van der Waals surface area contributed by atoms with Gasteiger partial charge in [0.25, 0.3) is 17.1 Å². The smallest absolute Gasteiger partial charge is 0.396 e. The molecule has 77 heavy (non-hydrogen) atoms. The maximum atomic E-state index is 13.7. The Morgan fingerprint density at radius 1 is 0.701 bits per heavy atom. The summed E-state index contributed by atoms with van der Waals surface area (Å²) in [7, 11) is -20.8. The molecule has 39 nitrogen and oxygen atoms in total. The number of nitrogens with one attached hydrogen (secondary N) is 2. The Morgan fingerprint density at radius 3 is 1.97 bits per heavy atom. The van der Waals surface area contributed by atoms with Crippen LogP contribution in [0.5, 0.6) is 0 Å². The van der Waals surface area contributed by atoms with Gasteiger partial charge >= 0.3 is 36.9 Å². The molecule has 9 heterocycles. The Balaban J connectivity index is 0.869. The number of nitrogens with two attached hydrogens (primary N) is 3. The molecule has 3 fully saturated rings. The molecular weight excluding hydrogens is 1130 g/mol. The van der Waals surface area contributed by atoms with Crippen molar-refractivity contribution in [1.82, 2.24) is 53.6 Å². The van der Waals surface area contributed by atoms with Crippen molar-refractivity contribution in [3.63, 3.8) is 0 Å². The third kappa shape index (κ3) is 11.5. The van der Waals surface area contributed by atoms with Crippen LogP contribution in [0.1, 0.15) is 25.1 Å². The summed E-state index contributed by atoms with van der Waals surface area (Å²) in [4.78, 5) is 96.3. The maximum Gasteiger partial charge on any atom is 0.490 e. The number of phosphoric ester groups is 3. The van der Waals surface area contributed by atoms with Gasteiger partial charge in [-0.1, -0.05) is 4.98 Å². The first-order valence-electron chi connectivity index (χ1n) is 22.1. The van der Waals surface area contributed by atoms with Crippen molar-refractivity contribution in [2.24, 2.45) is 13.0 Å². The minimum Gasteiger partial charge on any atom is -0.396 e. The van der Waals surface area contributed by atoms with Gasteiger partial charge in [0.2, 0.25) is 17.7 Å². The van der Waals surface area contributed by atoms with E-state index < -0.39 is 142 Å². The second kappa shape index (κ2) is 21.5. The van der Waals surface area contributed by atoms with E-state index in [1.807, 2.05) is 0 Å². The van der Waals surface area contributed by atoms with E-state index in [4.69, 9.17) is 54.2 Å². The van der Waals surface area contributed by atoms with E-state index in [1.165, 1.54) is 27.1 Å². The molecule has 9 rings (SSSR count). The lowest BCUT2D eigenvalue weighted by Gasteiger charge is -2.26. The monoisotopic (exact) mass is 1170 g/mol. The number of aromatic amines is 2. The minimum absolute atomic E-state index is 0.0101. The number of phosphoric acid groups is 4. The molecule has 0 saturated carbocycles. The van der Waals surface area contributed by atoms with Gasteiger partial charge in [-0.3, -0.25) is 51.4 Å². The molecule has 5 unspecified atom stereocenters. The number of rotatable bonds is 21. The average Bonchev–Trinajstić information content (AvgIpc) is 4.22. The number of imidazole rings is 3. The van der Waals surface area contributed by atoms with Crippen LogP contribution in [0, 0.1) is 5.92 Å². The minimum atomic E-state index is -6.19. The molecule has 0 aliphatic carbocycles. The van der Waals surface area contributed by atoms with Crippen molar-refractivity contribution in [3.8, 4) is 0 Å². The number of aryl methyl sites for hydroxylation is 1. The van der Waals surface area contributed by atoms with Crippen molar-refractivity contribution in [2.45, 2.75) is 73.9 Å². The summed E-state index contributed by atoms with van der Waals surface area (Å²) in [6.07, 6.45) is -13.3. The molecule has 6 aromatic heterocycles. The number of aliphatic hydroxyl groups excluding tert-OH is 4. The maximum absolute atomic E-state index is 13.7. The van der Waals surface area contributed by atoms with Crippen LogP contribution in [0.15, 0.2) is 34.9 Å². The van der Waals surface area contributed by atoms with Crippen LogP contribution in [-0.4, -0.2) is 176 Å². The van der Waals surface area contributed by atoms with Crippen LogP contribution in [0.3, 0.4) is 0 Å². The van der Waals surface area contributed by atoms with Crippen LogP contribution in [0.4, 0.5) is 17.7 Å². The van der Waals surface area contributed by atoms with E-state index in [0.29, 0.717) is 0 Å². The van der Waals surface area contributed by atoms with E-state index in [1.54, 1.807) is 0 Å². The third-order valence-electron chi connectivity index (χ3n) is 12.2. The van der Waals surface area contributed by atoms with Crippen LogP contribution in [0.2, 0.25) is 0 Å². The molecule has 3 saturated heterocycles. The molecule has 43 heteroatoms. The second-order valence-corrected chi connectivity index (χ2v) is 23.2. The first-order valence-corrected chi connectivity index (χ1v) is 28.1. The third-order valence-corrected chi connectivity index (χ3v) is 17.4. The van der Waals surface area contributed by atoms with Gasteiger partial charge in [-0.2, -0.15) is 13.6 Å². The lowest BCUT2D eigenvalue weighted by Crippen LogP contribution is -2.45. The van der Waals surface area contributed by atoms with E-state index in [0.717, 1.165) is 30.7 Å². The fourth-order valence-electron chi connectivity index (χ4n) is 8.88.